The molecule has 4 nitrogen and oxygen atoms in total. The average Bonchev–Trinajstić information content (AvgIpc) is 2.65. The Hall–Kier alpha value is -2.87. The van der Waals surface area contributed by atoms with Gasteiger partial charge in [-0.25, -0.2) is 9.18 Å². The lowest BCUT2D eigenvalue weighted by molar-refractivity contribution is 0.0517. The zero-order valence-corrected chi connectivity index (χ0v) is 17.6. The van der Waals surface area contributed by atoms with Crippen molar-refractivity contribution >= 4 is 6.09 Å². The number of fused-ring (bicyclic) bond motifs is 2. The second-order valence-corrected chi connectivity index (χ2v) is 9.14. The number of carbonyl (C=O) groups excluding carboxylic acids is 1. The van der Waals surface area contributed by atoms with Crippen molar-refractivity contribution in [1.29, 1.82) is 5.26 Å². The van der Waals surface area contributed by atoms with Crippen LogP contribution in [-0.4, -0.2) is 18.2 Å². The van der Waals surface area contributed by atoms with E-state index in [1.165, 1.54) is 0 Å². The highest BCUT2D eigenvalue weighted by molar-refractivity contribution is 5.78. The summed E-state index contributed by atoms with van der Waals surface area (Å²) in [6.07, 6.45) is -0.00157. The van der Waals surface area contributed by atoms with E-state index >= 15 is 0 Å². The topological polar surface area (TPSA) is 62.1 Å². The van der Waals surface area contributed by atoms with E-state index in [4.69, 9.17) is 4.74 Å². The predicted molar refractivity (Wildman–Crippen MR) is 111 cm³/mol. The van der Waals surface area contributed by atoms with E-state index in [1.807, 2.05) is 50.2 Å². The van der Waals surface area contributed by atoms with Gasteiger partial charge in [0.25, 0.3) is 0 Å². The number of hydrogen-bond donors (Lipinski definition) is 1. The number of benzene rings is 2. The van der Waals surface area contributed by atoms with Crippen LogP contribution < -0.4 is 5.32 Å². The molecule has 0 saturated carbocycles. The number of nitrogens with zero attached hydrogens (tertiary/aromatic N) is 1. The van der Waals surface area contributed by atoms with Gasteiger partial charge in [0.2, 0.25) is 0 Å². The van der Waals surface area contributed by atoms with Crippen LogP contribution in [-0.2, 0) is 10.2 Å². The lowest BCUT2D eigenvalue weighted by Gasteiger charge is -2.49. The van der Waals surface area contributed by atoms with Crippen LogP contribution in [0, 0.1) is 22.6 Å². The first-order valence-electron chi connectivity index (χ1n) is 9.80. The van der Waals surface area contributed by atoms with Gasteiger partial charge in [0.1, 0.15) is 16.8 Å². The molecule has 0 spiro atoms. The molecule has 4 rings (SSSR count). The van der Waals surface area contributed by atoms with Gasteiger partial charge in [-0.05, 0) is 43.7 Å². The molecule has 2 bridgehead atoms. The van der Waals surface area contributed by atoms with Crippen LogP contribution in [0.4, 0.5) is 9.18 Å². The van der Waals surface area contributed by atoms with Crippen LogP contribution in [0.1, 0.15) is 52.2 Å². The molecular weight excluding hydrogens is 367 g/mol. The lowest BCUT2D eigenvalue weighted by Crippen LogP contribution is -2.51. The first-order valence-corrected chi connectivity index (χ1v) is 9.80. The van der Waals surface area contributed by atoms with Crippen LogP contribution in [0.5, 0.6) is 0 Å². The minimum Gasteiger partial charge on any atom is -0.444 e. The summed E-state index contributed by atoms with van der Waals surface area (Å²) in [5.74, 6) is -0.305. The summed E-state index contributed by atoms with van der Waals surface area (Å²) < 4.78 is 20.2. The number of nitriles is 1. The molecule has 0 aliphatic heterocycles. The van der Waals surface area contributed by atoms with Crippen molar-refractivity contribution in [3.05, 3.63) is 59.4 Å². The summed E-state index contributed by atoms with van der Waals surface area (Å²) in [7, 11) is 0. The fourth-order valence-electron chi connectivity index (χ4n) is 4.11. The van der Waals surface area contributed by atoms with Gasteiger partial charge in [-0.15, -0.1) is 0 Å². The normalized spacial score (nSPS) is 17.8. The van der Waals surface area contributed by atoms with E-state index in [0.29, 0.717) is 24.1 Å². The zero-order valence-electron chi connectivity index (χ0n) is 17.6. The van der Waals surface area contributed by atoms with Gasteiger partial charge < -0.3 is 10.1 Å². The molecule has 0 fully saturated rings. The van der Waals surface area contributed by atoms with Crippen molar-refractivity contribution in [2.75, 3.05) is 6.54 Å². The van der Waals surface area contributed by atoms with Crippen LogP contribution in [0.3, 0.4) is 0 Å². The molecule has 0 radical (unpaired) electrons. The van der Waals surface area contributed by atoms with Gasteiger partial charge in [-0.1, -0.05) is 56.3 Å². The van der Waals surface area contributed by atoms with Crippen LogP contribution in [0.25, 0.3) is 11.1 Å². The molecule has 1 atom stereocenters. The molecule has 1 amide bonds. The second-order valence-electron chi connectivity index (χ2n) is 9.14. The Kier molecular flexibility index (Phi) is 5.17. The summed E-state index contributed by atoms with van der Waals surface area (Å²) >= 11 is 0. The summed E-state index contributed by atoms with van der Waals surface area (Å²) in [6, 6.07) is 15.6. The molecule has 2 aliphatic carbocycles. The molecular formula is C24H27FN2O2. The third-order valence-electron chi connectivity index (χ3n) is 5.61. The van der Waals surface area contributed by atoms with Gasteiger partial charge in [0, 0.05) is 17.7 Å². The summed E-state index contributed by atoms with van der Waals surface area (Å²) in [5, 5.41) is 12.9. The number of alkyl carbamates (subject to hydrolysis) is 1. The standard InChI is InChI=1S/C24H27FN2O2/c1-22(2,3)29-21(28)27-14-13-23(4,5)24(15-26)18-12-11-17(19(24)20(18)25)16-9-7-6-8-10-16/h6-12H,13-14H2,1-5H3,(H,27,28). The molecule has 1 N–H and O–H groups in total. The fraction of sp³-hybridized carbons (Fsp3) is 0.417. The van der Waals surface area contributed by atoms with Gasteiger partial charge in [-0.2, -0.15) is 5.26 Å². The molecule has 2 aromatic carbocycles. The largest absolute Gasteiger partial charge is 0.444 e. The minimum atomic E-state index is -1.05. The number of nitrogens with one attached hydrogen (secondary N) is 1. The fourth-order valence-corrected chi connectivity index (χ4v) is 4.11. The molecule has 5 heteroatoms. The van der Waals surface area contributed by atoms with Crippen molar-refractivity contribution in [1.82, 2.24) is 5.32 Å². The number of amides is 1. The Morgan fingerprint density at radius 2 is 1.79 bits per heavy atom. The summed E-state index contributed by atoms with van der Waals surface area (Å²) in [4.78, 5) is 11.9. The summed E-state index contributed by atoms with van der Waals surface area (Å²) in [5.41, 5.74) is 0.284. The van der Waals surface area contributed by atoms with Gasteiger partial charge in [0.15, 0.2) is 0 Å². The highest BCUT2D eigenvalue weighted by Crippen LogP contribution is 2.59. The minimum absolute atomic E-state index is 0.305. The highest BCUT2D eigenvalue weighted by atomic mass is 19.1. The first-order chi connectivity index (χ1) is 13.5. The Morgan fingerprint density at radius 3 is 2.34 bits per heavy atom. The maximum atomic E-state index is 14.9. The average molecular weight is 394 g/mol. The van der Waals surface area contributed by atoms with E-state index in [-0.39, 0.29) is 5.82 Å². The highest BCUT2D eigenvalue weighted by Gasteiger charge is 2.58. The second kappa shape index (κ2) is 7.18. The van der Waals surface area contributed by atoms with Crippen LogP contribution in [0.15, 0.2) is 42.5 Å². The smallest absolute Gasteiger partial charge is 0.407 e. The van der Waals surface area contributed by atoms with E-state index in [0.717, 1.165) is 11.1 Å². The SMILES string of the molecule is CC(C)(C)OC(=O)NCCC(C)(C)C1(C#N)c2ccc(-c3ccccc3)c1c2F. The van der Waals surface area contributed by atoms with Gasteiger partial charge >= 0.3 is 6.09 Å². The zero-order chi connectivity index (χ0) is 21.4. The van der Waals surface area contributed by atoms with Gasteiger partial charge in [0.05, 0.1) is 6.07 Å². The van der Waals surface area contributed by atoms with E-state index in [9.17, 15) is 14.4 Å². The first kappa shape index (κ1) is 20.9. The molecule has 152 valence electrons. The molecule has 0 heterocycles. The number of carbonyl (C=O) groups is 1. The summed E-state index contributed by atoms with van der Waals surface area (Å²) in [6.45, 7) is 9.63. The Balaban J connectivity index is 1.85. The third kappa shape index (κ3) is 3.48. The van der Waals surface area contributed by atoms with Crippen molar-refractivity contribution in [2.45, 2.75) is 52.1 Å². The van der Waals surface area contributed by atoms with E-state index in [1.54, 1.807) is 26.8 Å². The van der Waals surface area contributed by atoms with Crippen molar-refractivity contribution in [2.24, 2.45) is 5.41 Å². The Morgan fingerprint density at radius 1 is 1.14 bits per heavy atom. The van der Waals surface area contributed by atoms with Gasteiger partial charge in [-0.3, -0.25) is 0 Å². The maximum Gasteiger partial charge on any atom is 0.407 e. The van der Waals surface area contributed by atoms with Crippen molar-refractivity contribution in [3.63, 3.8) is 0 Å². The quantitative estimate of drug-likeness (QED) is 0.722. The number of rotatable bonds is 5. The van der Waals surface area contributed by atoms with E-state index in [2.05, 4.69) is 11.4 Å². The van der Waals surface area contributed by atoms with Crippen LogP contribution in [0.2, 0.25) is 0 Å². The molecule has 29 heavy (non-hydrogen) atoms. The molecule has 1 unspecified atom stereocenters. The predicted octanol–water partition coefficient (Wildman–Crippen LogP) is 5.56. The Bertz CT molecular complexity index is 971. The van der Waals surface area contributed by atoms with Crippen molar-refractivity contribution < 1.29 is 13.9 Å². The third-order valence-corrected chi connectivity index (χ3v) is 5.61. The molecule has 0 saturated heterocycles. The Labute approximate surface area is 171 Å². The maximum absolute atomic E-state index is 14.9. The number of halogens is 1. The number of ether oxygens (including phenoxy) is 1. The van der Waals surface area contributed by atoms with E-state index < -0.39 is 22.5 Å². The van der Waals surface area contributed by atoms with Crippen molar-refractivity contribution in [3.8, 4) is 17.2 Å². The van der Waals surface area contributed by atoms with Crippen LogP contribution >= 0.6 is 0 Å². The monoisotopic (exact) mass is 394 g/mol. The number of hydrogen-bond acceptors (Lipinski definition) is 3. The lowest BCUT2D eigenvalue weighted by atomic mass is 9.50. The molecule has 2 aliphatic rings. The molecule has 2 aromatic rings. The molecule has 0 aromatic heterocycles.